The number of methoxy groups -OCH3 is 1. The zero-order valence-electron chi connectivity index (χ0n) is 9.40. The van der Waals surface area contributed by atoms with E-state index in [1.54, 1.807) is 25.6 Å². The predicted octanol–water partition coefficient (Wildman–Crippen LogP) is 1.15. The van der Waals surface area contributed by atoms with Gasteiger partial charge < -0.3 is 15.6 Å². The van der Waals surface area contributed by atoms with Crippen molar-refractivity contribution in [1.29, 1.82) is 0 Å². The number of hydrogen-bond acceptors (Lipinski definition) is 4. The van der Waals surface area contributed by atoms with Crippen LogP contribution in [0, 0.1) is 5.92 Å². The molecule has 0 saturated heterocycles. The Morgan fingerprint density at radius 1 is 1.60 bits per heavy atom. The van der Waals surface area contributed by atoms with Gasteiger partial charge in [-0.05, 0) is 12.0 Å². The van der Waals surface area contributed by atoms with Crippen molar-refractivity contribution in [3.8, 4) is 0 Å². The Morgan fingerprint density at radius 2 is 2.27 bits per heavy atom. The maximum Gasteiger partial charge on any atom is 0.119 e. The Hall–Kier alpha value is -1.13. The van der Waals surface area contributed by atoms with Gasteiger partial charge in [0.2, 0.25) is 0 Å². The van der Waals surface area contributed by atoms with E-state index in [-0.39, 0.29) is 12.5 Å². The number of nitrogens with two attached hydrogens (primary N) is 1. The van der Waals surface area contributed by atoms with Crippen LogP contribution < -0.4 is 5.73 Å². The van der Waals surface area contributed by atoms with Gasteiger partial charge in [-0.2, -0.15) is 0 Å². The summed E-state index contributed by atoms with van der Waals surface area (Å²) in [5, 5.41) is 10.5. The largest absolute Gasteiger partial charge is 0.398 e. The lowest BCUT2D eigenvalue weighted by Gasteiger charge is -2.32. The summed E-state index contributed by atoms with van der Waals surface area (Å²) in [7, 11) is 1.56. The first-order chi connectivity index (χ1) is 7.02. The molecule has 0 aliphatic rings. The third-order valence-corrected chi connectivity index (χ3v) is 2.64. The second-order valence-electron chi connectivity index (χ2n) is 3.97. The lowest BCUT2D eigenvalue weighted by Crippen LogP contribution is -2.37. The maximum atomic E-state index is 10.5. The molecule has 0 radical (unpaired) electrons. The summed E-state index contributed by atoms with van der Waals surface area (Å²) in [5.74, 6) is 0.00366. The third-order valence-electron chi connectivity index (χ3n) is 2.64. The molecule has 0 aliphatic carbocycles. The molecule has 1 aromatic heterocycles. The van der Waals surface area contributed by atoms with Crippen LogP contribution in [-0.2, 0) is 10.3 Å². The summed E-state index contributed by atoms with van der Waals surface area (Å²) in [6, 6.07) is 1.68. The lowest BCUT2D eigenvalue weighted by atomic mass is 9.84. The van der Waals surface area contributed by atoms with Crippen LogP contribution >= 0.6 is 0 Å². The van der Waals surface area contributed by atoms with Crippen LogP contribution in [0.15, 0.2) is 18.5 Å². The van der Waals surface area contributed by atoms with Crippen molar-refractivity contribution < 1.29 is 9.84 Å². The number of nitrogens with zero attached hydrogens (tertiary/aromatic N) is 1. The molecule has 0 saturated carbocycles. The summed E-state index contributed by atoms with van der Waals surface area (Å²) in [6.45, 7) is 4.05. The summed E-state index contributed by atoms with van der Waals surface area (Å²) in [5.41, 5.74) is 5.91. The monoisotopic (exact) mass is 210 g/mol. The molecule has 1 unspecified atom stereocenters. The van der Waals surface area contributed by atoms with Crippen molar-refractivity contribution in [2.45, 2.75) is 19.4 Å². The number of hydrogen-bond donors (Lipinski definition) is 2. The Kier molecular flexibility index (Phi) is 3.66. The summed E-state index contributed by atoms with van der Waals surface area (Å²) >= 11 is 0. The molecule has 1 atom stereocenters. The van der Waals surface area contributed by atoms with Crippen molar-refractivity contribution in [3.63, 3.8) is 0 Å². The van der Waals surface area contributed by atoms with Gasteiger partial charge in [-0.1, -0.05) is 13.8 Å². The highest BCUT2D eigenvalue weighted by Crippen LogP contribution is 2.32. The number of rotatable bonds is 4. The number of nitrogen functional groups attached to an aromatic ring is 1. The fourth-order valence-corrected chi connectivity index (χ4v) is 1.54. The van der Waals surface area contributed by atoms with E-state index in [0.717, 1.165) is 0 Å². The van der Waals surface area contributed by atoms with Crippen LogP contribution in [0.1, 0.15) is 19.4 Å². The second-order valence-corrected chi connectivity index (χ2v) is 3.97. The van der Waals surface area contributed by atoms with E-state index in [1.165, 1.54) is 0 Å². The van der Waals surface area contributed by atoms with E-state index in [4.69, 9.17) is 10.5 Å². The van der Waals surface area contributed by atoms with Crippen molar-refractivity contribution in [2.24, 2.45) is 5.92 Å². The number of anilines is 1. The molecule has 0 aromatic carbocycles. The topological polar surface area (TPSA) is 68.4 Å². The molecule has 0 bridgehead atoms. The average Bonchev–Trinajstić information content (AvgIpc) is 2.18. The molecule has 4 heteroatoms. The van der Waals surface area contributed by atoms with E-state index in [2.05, 4.69) is 4.98 Å². The number of ether oxygens (including phenoxy) is 1. The summed E-state index contributed by atoms with van der Waals surface area (Å²) < 4.78 is 5.04. The zero-order chi connectivity index (χ0) is 11.5. The Bertz CT molecular complexity index is 328. The number of aromatic nitrogens is 1. The molecular formula is C11H18N2O2. The van der Waals surface area contributed by atoms with E-state index in [1.807, 2.05) is 13.8 Å². The summed E-state index contributed by atoms with van der Waals surface area (Å²) in [4.78, 5) is 3.98. The van der Waals surface area contributed by atoms with Crippen LogP contribution in [0.2, 0.25) is 0 Å². The zero-order valence-corrected chi connectivity index (χ0v) is 9.40. The molecule has 0 spiro atoms. The van der Waals surface area contributed by atoms with Gasteiger partial charge in [0.15, 0.2) is 0 Å². The fourth-order valence-electron chi connectivity index (χ4n) is 1.54. The molecular weight excluding hydrogens is 192 g/mol. The quantitative estimate of drug-likeness (QED) is 0.782. The highest BCUT2D eigenvalue weighted by Gasteiger charge is 2.35. The first kappa shape index (κ1) is 11.9. The molecule has 1 heterocycles. The minimum absolute atomic E-state index is 0.00366. The molecule has 3 N–H and O–H groups in total. The maximum absolute atomic E-state index is 10.5. The van der Waals surface area contributed by atoms with Crippen LogP contribution in [0.4, 0.5) is 5.69 Å². The highest BCUT2D eigenvalue weighted by molar-refractivity contribution is 5.48. The van der Waals surface area contributed by atoms with Crippen LogP contribution in [-0.4, -0.2) is 23.8 Å². The molecule has 0 fully saturated rings. The smallest absolute Gasteiger partial charge is 0.119 e. The molecule has 1 rings (SSSR count). The lowest BCUT2D eigenvalue weighted by molar-refractivity contribution is -0.0697. The molecule has 84 valence electrons. The first-order valence-electron chi connectivity index (χ1n) is 4.93. The number of aliphatic hydroxyl groups is 1. The second kappa shape index (κ2) is 4.59. The van der Waals surface area contributed by atoms with E-state index < -0.39 is 5.60 Å². The van der Waals surface area contributed by atoms with Crippen LogP contribution in [0.25, 0.3) is 0 Å². The average molecular weight is 210 g/mol. The van der Waals surface area contributed by atoms with E-state index >= 15 is 0 Å². The van der Waals surface area contributed by atoms with E-state index in [0.29, 0.717) is 11.3 Å². The van der Waals surface area contributed by atoms with Gasteiger partial charge >= 0.3 is 0 Å². The SMILES string of the molecule is COCC(O)(c1cnccc1N)C(C)C. The minimum atomic E-state index is -1.08. The highest BCUT2D eigenvalue weighted by atomic mass is 16.5. The van der Waals surface area contributed by atoms with Crippen LogP contribution in [0.5, 0.6) is 0 Å². The van der Waals surface area contributed by atoms with Crippen molar-refractivity contribution >= 4 is 5.69 Å². The molecule has 1 aromatic rings. The van der Waals surface area contributed by atoms with Gasteiger partial charge in [-0.15, -0.1) is 0 Å². The summed E-state index contributed by atoms with van der Waals surface area (Å²) in [6.07, 6.45) is 3.20. The van der Waals surface area contributed by atoms with Crippen molar-refractivity contribution in [1.82, 2.24) is 4.98 Å². The van der Waals surface area contributed by atoms with Crippen molar-refractivity contribution in [2.75, 3.05) is 19.5 Å². The fraction of sp³-hybridized carbons (Fsp3) is 0.545. The van der Waals surface area contributed by atoms with E-state index in [9.17, 15) is 5.11 Å². The predicted molar refractivity (Wildman–Crippen MR) is 59.3 cm³/mol. The van der Waals surface area contributed by atoms with Crippen molar-refractivity contribution in [3.05, 3.63) is 24.0 Å². The van der Waals surface area contributed by atoms with Gasteiger partial charge in [0.25, 0.3) is 0 Å². The first-order valence-corrected chi connectivity index (χ1v) is 4.93. The van der Waals surface area contributed by atoms with Gasteiger partial charge in [0.05, 0.1) is 6.61 Å². The molecule has 4 nitrogen and oxygen atoms in total. The van der Waals surface area contributed by atoms with Gasteiger partial charge in [0.1, 0.15) is 5.60 Å². The molecule has 15 heavy (non-hydrogen) atoms. The molecule has 0 aliphatic heterocycles. The Labute approximate surface area is 90.1 Å². The minimum Gasteiger partial charge on any atom is -0.398 e. The number of pyridine rings is 1. The van der Waals surface area contributed by atoms with Gasteiger partial charge in [0, 0.05) is 30.8 Å². The Balaban J connectivity index is 3.15. The van der Waals surface area contributed by atoms with Gasteiger partial charge in [-0.3, -0.25) is 4.98 Å². The standard InChI is InChI=1S/C11H18N2O2/c1-8(2)11(14,7-15-3)9-6-13-5-4-10(9)12/h4-6,8,14H,7H2,1-3H3,(H2,12,13). The third kappa shape index (κ3) is 2.27. The van der Waals surface area contributed by atoms with Crippen LogP contribution in [0.3, 0.4) is 0 Å². The molecule has 0 amide bonds. The Morgan fingerprint density at radius 3 is 2.73 bits per heavy atom. The normalized spacial score (nSPS) is 15.3. The van der Waals surface area contributed by atoms with Gasteiger partial charge in [-0.25, -0.2) is 0 Å².